The molecule has 2 atom stereocenters. The summed E-state index contributed by atoms with van der Waals surface area (Å²) in [4.78, 5) is 15.4. The third kappa shape index (κ3) is 5.52. The van der Waals surface area contributed by atoms with Crippen LogP contribution in [-0.4, -0.2) is 65.3 Å². The first-order valence-corrected chi connectivity index (χ1v) is 9.94. The van der Waals surface area contributed by atoms with Crippen LogP contribution in [0.5, 0.6) is 0 Å². The van der Waals surface area contributed by atoms with Crippen LogP contribution >= 0.6 is 11.3 Å². The molecule has 148 valence electrons. The number of aromatic nitrogens is 2. The normalized spacial score (nSPS) is 18.4. The summed E-state index contributed by atoms with van der Waals surface area (Å²) in [5.74, 6) is 0.515. The molecule has 0 radical (unpaired) electrons. The van der Waals surface area contributed by atoms with E-state index in [-0.39, 0.29) is 12.1 Å². The zero-order valence-corrected chi connectivity index (χ0v) is 16.2. The van der Waals surface area contributed by atoms with Crippen molar-refractivity contribution >= 4 is 23.2 Å². The molecule has 2 aromatic rings. The molecule has 0 aromatic carbocycles. The van der Waals surface area contributed by atoms with E-state index in [1.807, 2.05) is 23.7 Å². The van der Waals surface area contributed by atoms with Crippen LogP contribution in [0.1, 0.15) is 23.8 Å². The Labute approximate surface area is 162 Å². The van der Waals surface area contributed by atoms with Gasteiger partial charge < -0.3 is 19.5 Å². The van der Waals surface area contributed by atoms with E-state index in [4.69, 9.17) is 9.47 Å². The van der Waals surface area contributed by atoms with Crippen molar-refractivity contribution in [2.75, 3.05) is 38.8 Å². The van der Waals surface area contributed by atoms with Crippen molar-refractivity contribution in [1.82, 2.24) is 14.7 Å². The highest BCUT2D eigenvalue weighted by molar-refractivity contribution is 7.10. The summed E-state index contributed by atoms with van der Waals surface area (Å²) in [6.07, 6.45) is 2.53. The lowest BCUT2D eigenvalue weighted by molar-refractivity contribution is -0.00384. The van der Waals surface area contributed by atoms with E-state index in [1.165, 1.54) is 11.3 Å². The highest BCUT2D eigenvalue weighted by atomic mass is 32.1. The van der Waals surface area contributed by atoms with E-state index in [0.29, 0.717) is 38.6 Å². The van der Waals surface area contributed by atoms with Crippen molar-refractivity contribution < 1.29 is 19.4 Å². The molecule has 0 saturated carbocycles. The molecule has 0 bridgehead atoms. The summed E-state index contributed by atoms with van der Waals surface area (Å²) >= 11 is 1.51. The Morgan fingerprint density at radius 2 is 2.44 bits per heavy atom. The summed E-state index contributed by atoms with van der Waals surface area (Å²) in [5, 5.41) is 19.6. The van der Waals surface area contributed by atoms with Crippen molar-refractivity contribution in [1.29, 1.82) is 0 Å². The van der Waals surface area contributed by atoms with Crippen LogP contribution in [0.4, 0.5) is 10.6 Å². The van der Waals surface area contributed by atoms with Crippen molar-refractivity contribution in [3.05, 3.63) is 34.7 Å². The predicted molar refractivity (Wildman–Crippen MR) is 103 cm³/mol. The van der Waals surface area contributed by atoms with Gasteiger partial charge in [-0.05, 0) is 17.9 Å². The Kier molecular flexibility index (Phi) is 7.22. The minimum Gasteiger partial charge on any atom is -0.387 e. The summed E-state index contributed by atoms with van der Waals surface area (Å²) in [6.45, 7) is 2.80. The van der Waals surface area contributed by atoms with Crippen LogP contribution in [0.15, 0.2) is 29.8 Å². The standard InChI is InChI=1S/C18H26N4O4S/c1-25-9-3-6-21-7-5-17(20-21)19-18(24)22-8-10-26-13-14(22)12-15(23)16-4-2-11-27-16/h2,4-5,7,11,14-15,23H,3,6,8-10,12-13H2,1H3,(H,19,20,24)/t14-,15+/m1/s1. The summed E-state index contributed by atoms with van der Waals surface area (Å²) in [7, 11) is 1.67. The number of thiophene rings is 1. The highest BCUT2D eigenvalue weighted by Crippen LogP contribution is 2.26. The fourth-order valence-corrected chi connectivity index (χ4v) is 3.80. The molecule has 3 rings (SSSR count). The number of methoxy groups -OCH3 is 1. The molecule has 2 aromatic heterocycles. The van der Waals surface area contributed by atoms with Crippen LogP contribution in [0.2, 0.25) is 0 Å². The second-order valence-electron chi connectivity index (χ2n) is 6.43. The maximum absolute atomic E-state index is 12.7. The third-order valence-corrected chi connectivity index (χ3v) is 5.44. The monoisotopic (exact) mass is 394 g/mol. The average molecular weight is 394 g/mol. The Morgan fingerprint density at radius 3 is 3.22 bits per heavy atom. The Balaban J connectivity index is 1.56. The van der Waals surface area contributed by atoms with Gasteiger partial charge in [0.1, 0.15) is 0 Å². The van der Waals surface area contributed by atoms with Gasteiger partial charge in [-0.2, -0.15) is 5.10 Å². The van der Waals surface area contributed by atoms with Gasteiger partial charge in [-0.15, -0.1) is 11.3 Å². The number of aliphatic hydroxyl groups excluding tert-OH is 1. The van der Waals surface area contributed by atoms with Gasteiger partial charge in [-0.25, -0.2) is 4.79 Å². The second kappa shape index (κ2) is 9.84. The van der Waals surface area contributed by atoms with Gasteiger partial charge in [0.15, 0.2) is 5.82 Å². The fraction of sp³-hybridized carbons (Fsp3) is 0.556. The van der Waals surface area contributed by atoms with E-state index in [1.54, 1.807) is 22.8 Å². The van der Waals surface area contributed by atoms with E-state index in [2.05, 4.69) is 10.4 Å². The lowest BCUT2D eigenvalue weighted by Gasteiger charge is -2.36. The maximum atomic E-state index is 12.7. The van der Waals surface area contributed by atoms with E-state index < -0.39 is 6.10 Å². The van der Waals surface area contributed by atoms with E-state index in [9.17, 15) is 9.90 Å². The van der Waals surface area contributed by atoms with Crippen molar-refractivity contribution in [2.24, 2.45) is 0 Å². The molecule has 8 nitrogen and oxygen atoms in total. The first kappa shape index (κ1) is 19.8. The third-order valence-electron chi connectivity index (χ3n) is 4.47. The van der Waals surface area contributed by atoms with Crippen LogP contribution in [-0.2, 0) is 16.0 Å². The number of nitrogens with one attached hydrogen (secondary N) is 1. The summed E-state index contributed by atoms with van der Waals surface area (Å²) in [5.41, 5.74) is 0. The van der Waals surface area contributed by atoms with Crippen LogP contribution in [0.3, 0.4) is 0 Å². The molecule has 2 N–H and O–H groups in total. The number of urea groups is 1. The zero-order chi connectivity index (χ0) is 19.1. The number of aliphatic hydroxyl groups is 1. The SMILES string of the molecule is COCCCn1ccc(NC(=O)N2CCOC[C@H]2C[C@H](O)c2cccs2)n1. The Hall–Kier alpha value is -1.94. The predicted octanol–water partition coefficient (Wildman–Crippen LogP) is 2.34. The largest absolute Gasteiger partial charge is 0.387 e. The van der Waals surface area contributed by atoms with Gasteiger partial charge >= 0.3 is 6.03 Å². The maximum Gasteiger partial charge on any atom is 0.323 e. The molecule has 1 aliphatic rings. The Bertz CT molecular complexity index is 706. The number of hydrogen-bond donors (Lipinski definition) is 2. The lowest BCUT2D eigenvalue weighted by Crippen LogP contribution is -2.50. The highest BCUT2D eigenvalue weighted by Gasteiger charge is 2.30. The number of amides is 2. The molecular formula is C18H26N4O4S. The molecule has 3 heterocycles. The van der Waals surface area contributed by atoms with Crippen LogP contribution in [0, 0.1) is 0 Å². The van der Waals surface area contributed by atoms with Gasteiger partial charge in [-0.3, -0.25) is 10.00 Å². The van der Waals surface area contributed by atoms with Crippen LogP contribution in [0.25, 0.3) is 0 Å². The van der Waals surface area contributed by atoms with E-state index >= 15 is 0 Å². The zero-order valence-electron chi connectivity index (χ0n) is 15.4. The number of carbonyl (C=O) groups excluding carboxylic acids is 1. The van der Waals surface area contributed by atoms with Crippen LogP contribution < -0.4 is 5.32 Å². The minimum atomic E-state index is -0.605. The number of rotatable bonds is 8. The molecule has 1 aliphatic heterocycles. The van der Waals surface area contributed by atoms with E-state index in [0.717, 1.165) is 17.8 Å². The molecule has 0 aliphatic carbocycles. The molecule has 0 unspecified atom stereocenters. The number of nitrogens with zero attached hydrogens (tertiary/aromatic N) is 3. The van der Waals surface area contributed by atoms with Gasteiger partial charge in [0.25, 0.3) is 0 Å². The molecule has 1 fully saturated rings. The first-order valence-electron chi connectivity index (χ1n) is 9.06. The van der Waals surface area contributed by atoms with Gasteiger partial charge in [0.2, 0.25) is 0 Å². The minimum absolute atomic E-state index is 0.181. The topological polar surface area (TPSA) is 88.9 Å². The van der Waals surface area contributed by atoms with Gasteiger partial charge in [0.05, 0.1) is 25.4 Å². The van der Waals surface area contributed by atoms with Crippen molar-refractivity contribution in [2.45, 2.75) is 31.5 Å². The average Bonchev–Trinajstić information content (AvgIpc) is 3.34. The van der Waals surface area contributed by atoms with Gasteiger partial charge in [-0.1, -0.05) is 6.07 Å². The second-order valence-corrected chi connectivity index (χ2v) is 7.41. The molecule has 9 heteroatoms. The number of anilines is 1. The van der Waals surface area contributed by atoms with Crippen molar-refractivity contribution in [3.8, 4) is 0 Å². The molecular weight excluding hydrogens is 368 g/mol. The Morgan fingerprint density at radius 1 is 1.56 bits per heavy atom. The number of aryl methyl sites for hydroxylation is 1. The molecule has 2 amide bonds. The summed E-state index contributed by atoms with van der Waals surface area (Å²) in [6, 6.07) is 5.19. The number of morpholine rings is 1. The quantitative estimate of drug-likeness (QED) is 0.671. The number of hydrogen-bond acceptors (Lipinski definition) is 6. The molecule has 0 spiro atoms. The molecule has 1 saturated heterocycles. The fourth-order valence-electron chi connectivity index (χ4n) is 3.08. The first-order chi connectivity index (χ1) is 13.2. The number of ether oxygens (including phenoxy) is 2. The van der Waals surface area contributed by atoms with Crippen molar-refractivity contribution in [3.63, 3.8) is 0 Å². The number of carbonyl (C=O) groups is 1. The summed E-state index contributed by atoms with van der Waals surface area (Å²) < 4.78 is 12.3. The van der Waals surface area contributed by atoms with Gasteiger partial charge in [0, 0.05) is 50.4 Å². The smallest absolute Gasteiger partial charge is 0.323 e. The molecule has 27 heavy (non-hydrogen) atoms. The lowest BCUT2D eigenvalue weighted by atomic mass is 10.1.